The maximum atomic E-state index is 10.1. The van der Waals surface area contributed by atoms with Crippen molar-refractivity contribution >= 4 is 22.7 Å². The van der Waals surface area contributed by atoms with E-state index in [1.807, 2.05) is 30.3 Å². The number of rotatable bonds is 4. The highest BCUT2D eigenvalue weighted by Gasteiger charge is 2.10. The smallest absolute Gasteiger partial charge is 0.0886 e. The van der Waals surface area contributed by atoms with Gasteiger partial charge in [0, 0.05) is 17.3 Å². The minimum Gasteiger partial charge on any atom is -0.388 e. The first-order valence-electron chi connectivity index (χ1n) is 5.42. The van der Waals surface area contributed by atoms with Gasteiger partial charge in [-0.1, -0.05) is 25.1 Å². The molecular formula is C13H15NOS. The summed E-state index contributed by atoms with van der Waals surface area (Å²) in [6, 6.07) is 9.82. The Bertz CT molecular complexity index is 467. The van der Waals surface area contributed by atoms with E-state index in [1.54, 1.807) is 18.0 Å². The van der Waals surface area contributed by atoms with Crippen molar-refractivity contribution in [3.63, 3.8) is 0 Å². The standard InChI is InChI=1S/C13H15NOS/c1-2-16-9-13(15)11-5-3-7-12-10(11)6-4-8-14-12/h3-8,13,15H,2,9H2,1H3. The third-order valence-electron chi connectivity index (χ3n) is 2.52. The molecule has 0 amide bonds. The van der Waals surface area contributed by atoms with Crippen LogP contribution in [-0.4, -0.2) is 21.6 Å². The Kier molecular flexibility index (Phi) is 3.80. The lowest BCUT2D eigenvalue weighted by atomic mass is 10.0. The second-order valence-electron chi connectivity index (χ2n) is 3.59. The highest BCUT2D eigenvalue weighted by Crippen LogP contribution is 2.25. The van der Waals surface area contributed by atoms with Gasteiger partial charge in [0.1, 0.15) is 0 Å². The lowest BCUT2D eigenvalue weighted by Gasteiger charge is -2.12. The van der Waals surface area contributed by atoms with E-state index in [2.05, 4.69) is 11.9 Å². The predicted octanol–water partition coefficient (Wildman–Crippen LogP) is 3.02. The van der Waals surface area contributed by atoms with Crippen LogP contribution in [0.3, 0.4) is 0 Å². The lowest BCUT2D eigenvalue weighted by molar-refractivity contribution is 0.205. The number of nitrogens with zero attached hydrogens (tertiary/aromatic N) is 1. The average Bonchev–Trinajstić information content (AvgIpc) is 2.35. The van der Waals surface area contributed by atoms with Gasteiger partial charge in [0.2, 0.25) is 0 Å². The van der Waals surface area contributed by atoms with Crippen molar-refractivity contribution in [2.75, 3.05) is 11.5 Å². The van der Waals surface area contributed by atoms with Gasteiger partial charge in [-0.15, -0.1) is 0 Å². The molecule has 1 unspecified atom stereocenters. The van der Waals surface area contributed by atoms with E-state index in [4.69, 9.17) is 0 Å². The number of aromatic nitrogens is 1. The molecular weight excluding hydrogens is 218 g/mol. The topological polar surface area (TPSA) is 33.1 Å². The van der Waals surface area contributed by atoms with Gasteiger partial charge in [-0.3, -0.25) is 4.98 Å². The van der Waals surface area contributed by atoms with Crippen LogP contribution in [0, 0.1) is 0 Å². The Labute approximate surface area is 99.7 Å². The molecule has 0 aliphatic heterocycles. The number of aliphatic hydroxyl groups excluding tert-OH is 1. The molecule has 1 N–H and O–H groups in total. The van der Waals surface area contributed by atoms with Gasteiger partial charge in [0.15, 0.2) is 0 Å². The molecule has 1 aromatic heterocycles. The quantitative estimate of drug-likeness (QED) is 0.881. The van der Waals surface area contributed by atoms with Crippen molar-refractivity contribution in [3.8, 4) is 0 Å². The van der Waals surface area contributed by atoms with Crippen molar-refractivity contribution in [1.82, 2.24) is 4.98 Å². The van der Waals surface area contributed by atoms with E-state index in [9.17, 15) is 5.11 Å². The summed E-state index contributed by atoms with van der Waals surface area (Å²) in [5, 5.41) is 11.2. The van der Waals surface area contributed by atoms with E-state index in [1.165, 1.54) is 0 Å². The summed E-state index contributed by atoms with van der Waals surface area (Å²) < 4.78 is 0. The highest BCUT2D eigenvalue weighted by atomic mass is 32.2. The SMILES string of the molecule is CCSCC(O)c1cccc2ncccc12. The second kappa shape index (κ2) is 5.32. The molecule has 0 spiro atoms. The summed E-state index contributed by atoms with van der Waals surface area (Å²) in [5.74, 6) is 1.77. The van der Waals surface area contributed by atoms with Crippen LogP contribution in [0.15, 0.2) is 36.5 Å². The van der Waals surface area contributed by atoms with Crippen LogP contribution < -0.4 is 0 Å². The molecule has 0 fully saturated rings. The molecule has 16 heavy (non-hydrogen) atoms. The third-order valence-corrected chi connectivity index (χ3v) is 3.48. The number of benzene rings is 1. The van der Waals surface area contributed by atoms with Crippen LogP contribution >= 0.6 is 11.8 Å². The van der Waals surface area contributed by atoms with Crippen LogP contribution in [0.1, 0.15) is 18.6 Å². The van der Waals surface area contributed by atoms with E-state index in [0.717, 1.165) is 28.0 Å². The summed E-state index contributed by atoms with van der Waals surface area (Å²) in [4.78, 5) is 4.29. The monoisotopic (exact) mass is 233 g/mol. The van der Waals surface area contributed by atoms with E-state index in [0.29, 0.717) is 0 Å². The number of hydrogen-bond donors (Lipinski definition) is 1. The minimum absolute atomic E-state index is 0.405. The zero-order chi connectivity index (χ0) is 11.4. The zero-order valence-corrected chi connectivity index (χ0v) is 10.1. The molecule has 0 saturated heterocycles. The summed E-state index contributed by atoms with van der Waals surface area (Å²) in [6.07, 6.45) is 1.37. The van der Waals surface area contributed by atoms with Crippen LogP contribution in [-0.2, 0) is 0 Å². The van der Waals surface area contributed by atoms with Crippen molar-refractivity contribution < 1.29 is 5.11 Å². The molecule has 84 valence electrons. The number of hydrogen-bond acceptors (Lipinski definition) is 3. The van der Waals surface area contributed by atoms with E-state index in [-0.39, 0.29) is 0 Å². The molecule has 2 nitrogen and oxygen atoms in total. The maximum absolute atomic E-state index is 10.1. The van der Waals surface area contributed by atoms with Crippen LogP contribution in [0.4, 0.5) is 0 Å². The van der Waals surface area contributed by atoms with E-state index < -0.39 is 6.10 Å². The van der Waals surface area contributed by atoms with Crippen LogP contribution in [0.25, 0.3) is 10.9 Å². The molecule has 1 aromatic carbocycles. The highest BCUT2D eigenvalue weighted by molar-refractivity contribution is 7.99. The molecule has 3 heteroatoms. The molecule has 0 aliphatic carbocycles. The summed E-state index contributed by atoms with van der Waals surface area (Å²) in [7, 11) is 0. The first-order chi connectivity index (χ1) is 7.83. The number of thioether (sulfide) groups is 1. The van der Waals surface area contributed by atoms with Gasteiger partial charge in [0.05, 0.1) is 11.6 Å². The fourth-order valence-corrected chi connectivity index (χ4v) is 2.38. The van der Waals surface area contributed by atoms with Gasteiger partial charge in [0.25, 0.3) is 0 Å². The van der Waals surface area contributed by atoms with Crippen LogP contribution in [0.5, 0.6) is 0 Å². The van der Waals surface area contributed by atoms with Crippen molar-refractivity contribution in [3.05, 3.63) is 42.1 Å². The molecule has 1 atom stereocenters. The first-order valence-corrected chi connectivity index (χ1v) is 6.58. The van der Waals surface area contributed by atoms with Gasteiger partial charge < -0.3 is 5.11 Å². The maximum Gasteiger partial charge on any atom is 0.0886 e. The lowest BCUT2D eigenvalue weighted by Crippen LogP contribution is -2.01. The third kappa shape index (κ3) is 2.36. The summed E-state index contributed by atoms with van der Waals surface area (Å²) in [6.45, 7) is 2.10. The zero-order valence-electron chi connectivity index (χ0n) is 9.26. The normalized spacial score (nSPS) is 12.9. The minimum atomic E-state index is -0.405. The largest absolute Gasteiger partial charge is 0.388 e. The Morgan fingerprint density at radius 3 is 3.00 bits per heavy atom. The molecule has 0 aliphatic rings. The molecule has 2 rings (SSSR count). The van der Waals surface area contributed by atoms with Crippen LogP contribution in [0.2, 0.25) is 0 Å². The molecule has 1 heterocycles. The van der Waals surface area contributed by atoms with Gasteiger partial charge in [-0.2, -0.15) is 11.8 Å². The Morgan fingerprint density at radius 1 is 1.31 bits per heavy atom. The number of aliphatic hydroxyl groups is 1. The van der Waals surface area contributed by atoms with Gasteiger partial charge >= 0.3 is 0 Å². The fourth-order valence-electron chi connectivity index (χ4n) is 1.74. The van der Waals surface area contributed by atoms with E-state index >= 15 is 0 Å². The number of fused-ring (bicyclic) bond motifs is 1. The molecule has 0 saturated carbocycles. The molecule has 0 radical (unpaired) electrons. The van der Waals surface area contributed by atoms with Crippen molar-refractivity contribution in [2.24, 2.45) is 0 Å². The average molecular weight is 233 g/mol. The Hall–Kier alpha value is -1.06. The van der Waals surface area contributed by atoms with Gasteiger partial charge in [-0.25, -0.2) is 0 Å². The predicted molar refractivity (Wildman–Crippen MR) is 69.7 cm³/mol. The van der Waals surface area contributed by atoms with Crippen molar-refractivity contribution in [2.45, 2.75) is 13.0 Å². The fraction of sp³-hybridized carbons (Fsp3) is 0.308. The second-order valence-corrected chi connectivity index (χ2v) is 4.91. The Balaban J connectivity index is 2.36. The molecule has 2 aromatic rings. The Morgan fingerprint density at radius 2 is 2.19 bits per heavy atom. The summed E-state index contributed by atoms with van der Waals surface area (Å²) in [5.41, 5.74) is 1.92. The number of pyridine rings is 1. The first kappa shape index (κ1) is 11.4. The van der Waals surface area contributed by atoms with Gasteiger partial charge in [-0.05, 0) is 23.4 Å². The van der Waals surface area contributed by atoms with Crippen molar-refractivity contribution in [1.29, 1.82) is 0 Å². The molecule has 0 bridgehead atoms. The summed E-state index contributed by atoms with van der Waals surface area (Å²) >= 11 is 1.75.